The number of nitrogens with zero attached hydrogens (tertiary/aromatic N) is 4. The number of aromatic nitrogens is 3. The van der Waals surface area contributed by atoms with Gasteiger partial charge >= 0.3 is 0 Å². The minimum atomic E-state index is -0.397. The molecule has 0 radical (unpaired) electrons. The first-order chi connectivity index (χ1) is 14.6. The van der Waals surface area contributed by atoms with Gasteiger partial charge in [-0.3, -0.25) is 4.79 Å². The summed E-state index contributed by atoms with van der Waals surface area (Å²) in [6, 6.07) is 12.2. The lowest BCUT2D eigenvalue weighted by Gasteiger charge is -2.38. The highest BCUT2D eigenvalue weighted by atomic mass is 19.1. The van der Waals surface area contributed by atoms with Crippen molar-refractivity contribution in [2.45, 2.75) is 25.8 Å². The maximum Gasteiger partial charge on any atom is 0.254 e. The maximum atomic E-state index is 13.4. The number of likely N-dealkylation sites (tertiary alicyclic amines) is 1. The normalized spacial score (nSPS) is 18.8. The number of benzene rings is 1. The molecule has 1 aliphatic heterocycles. The SMILES string of the molecule is C[C@@H]1CC[C@H](COc2ccc(F)cn2)CN1C(=O)c1ccccc1-c1ncccn1. The summed E-state index contributed by atoms with van der Waals surface area (Å²) in [6.07, 6.45) is 6.32. The Morgan fingerprint density at radius 1 is 1.10 bits per heavy atom. The number of ether oxygens (including phenoxy) is 1. The first kappa shape index (κ1) is 19.9. The summed E-state index contributed by atoms with van der Waals surface area (Å²) < 4.78 is 18.7. The first-order valence-electron chi connectivity index (χ1n) is 10.0. The third kappa shape index (κ3) is 4.45. The van der Waals surface area contributed by atoms with Crippen molar-refractivity contribution in [1.29, 1.82) is 0 Å². The summed E-state index contributed by atoms with van der Waals surface area (Å²) in [5.41, 5.74) is 1.32. The first-order valence-corrected chi connectivity index (χ1v) is 10.0. The molecule has 1 saturated heterocycles. The van der Waals surface area contributed by atoms with Crippen molar-refractivity contribution in [3.8, 4) is 17.3 Å². The quantitative estimate of drug-likeness (QED) is 0.641. The van der Waals surface area contributed by atoms with Gasteiger partial charge in [0.15, 0.2) is 5.82 Å². The summed E-state index contributed by atoms with van der Waals surface area (Å²) in [4.78, 5) is 27.9. The number of hydrogen-bond acceptors (Lipinski definition) is 5. The van der Waals surface area contributed by atoms with E-state index in [1.165, 1.54) is 12.1 Å². The molecule has 1 amide bonds. The number of amides is 1. The van der Waals surface area contributed by atoms with E-state index in [0.29, 0.717) is 30.4 Å². The van der Waals surface area contributed by atoms with Crippen LogP contribution >= 0.6 is 0 Å². The van der Waals surface area contributed by atoms with Gasteiger partial charge in [-0.05, 0) is 38.0 Å². The van der Waals surface area contributed by atoms with Crippen molar-refractivity contribution in [3.05, 3.63) is 72.4 Å². The van der Waals surface area contributed by atoms with Gasteiger partial charge in [0.1, 0.15) is 5.82 Å². The van der Waals surface area contributed by atoms with E-state index in [1.807, 2.05) is 29.2 Å². The van der Waals surface area contributed by atoms with Crippen LogP contribution in [0.3, 0.4) is 0 Å². The Hall–Kier alpha value is -3.35. The topological polar surface area (TPSA) is 68.2 Å². The van der Waals surface area contributed by atoms with E-state index in [1.54, 1.807) is 18.5 Å². The highest BCUT2D eigenvalue weighted by Gasteiger charge is 2.31. The second-order valence-corrected chi connectivity index (χ2v) is 7.49. The predicted octanol–water partition coefficient (Wildman–Crippen LogP) is 4.00. The van der Waals surface area contributed by atoms with Crippen molar-refractivity contribution < 1.29 is 13.9 Å². The van der Waals surface area contributed by atoms with Gasteiger partial charge in [0, 0.05) is 42.5 Å². The van der Waals surface area contributed by atoms with E-state index in [2.05, 4.69) is 21.9 Å². The number of carbonyl (C=O) groups is 1. The van der Waals surface area contributed by atoms with Crippen LogP contribution in [0.4, 0.5) is 4.39 Å². The molecule has 3 aromatic rings. The molecule has 6 nitrogen and oxygen atoms in total. The van der Waals surface area contributed by atoms with Crippen LogP contribution in [0.15, 0.2) is 61.1 Å². The Morgan fingerprint density at radius 2 is 1.90 bits per heavy atom. The molecule has 154 valence electrons. The summed E-state index contributed by atoms with van der Waals surface area (Å²) in [5, 5.41) is 0. The molecule has 0 spiro atoms. The molecule has 0 aliphatic carbocycles. The van der Waals surface area contributed by atoms with Crippen LogP contribution in [-0.4, -0.2) is 45.0 Å². The molecule has 1 aliphatic rings. The van der Waals surface area contributed by atoms with Gasteiger partial charge in [0.2, 0.25) is 5.88 Å². The zero-order chi connectivity index (χ0) is 20.9. The van der Waals surface area contributed by atoms with Crippen LogP contribution in [0.5, 0.6) is 5.88 Å². The molecule has 4 rings (SSSR count). The molecule has 0 bridgehead atoms. The summed E-state index contributed by atoms with van der Waals surface area (Å²) >= 11 is 0. The fourth-order valence-corrected chi connectivity index (χ4v) is 3.71. The Morgan fingerprint density at radius 3 is 2.67 bits per heavy atom. The number of pyridine rings is 1. The molecule has 2 aromatic heterocycles. The monoisotopic (exact) mass is 406 g/mol. The van der Waals surface area contributed by atoms with Gasteiger partial charge in [0.05, 0.1) is 18.4 Å². The van der Waals surface area contributed by atoms with Crippen molar-refractivity contribution >= 4 is 5.91 Å². The number of piperidine rings is 1. The van der Waals surface area contributed by atoms with Crippen LogP contribution in [0, 0.1) is 11.7 Å². The molecule has 1 aromatic carbocycles. The number of hydrogen-bond donors (Lipinski definition) is 0. The minimum Gasteiger partial charge on any atom is -0.477 e. The Balaban J connectivity index is 1.49. The van der Waals surface area contributed by atoms with Gasteiger partial charge < -0.3 is 9.64 Å². The van der Waals surface area contributed by atoms with Crippen LogP contribution in [-0.2, 0) is 0 Å². The molecule has 30 heavy (non-hydrogen) atoms. The van der Waals surface area contributed by atoms with Gasteiger partial charge in [-0.25, -0.2) is 19.3 Å². The average Bonchev–Trinajstić information content (AvgIpc) is 2.80. The lowest BCUT2D eigenvalue weighted by Crippen LogP contribution is -2.47. The van der Waals surface area contributed by atoms with E-state index in [9.17, 15) is 9.18 Å². The number of carbonyl (C=O) groups excluding carboxylic acids is 1. The summed E-state index contributed by atoms with van der Waals surface area (Å²) in [7, 11) is 0. The highest BCUT2D eigenvalue weighted by Crippen LogP contribution is 2.27. The lowest BCUT2D eigenvalue weighted by molar-refractivity contribution is 0.0503. The molecule has 0 N–H and O–H groups in total. The second-order valence-electron chi connectivity index (χ2n) is 7.49. The minimum absolute atomic E-state index is 0.0323. The van der Waals surface area contributed by atoms with E-state index < -0.39 is 5.82 Å². The standard InChI is InChI=1S/C23H23FN4O2/c1-16-7-8-17(15-30-21-10-9-18(24)13-27-21)14-28(16)23(29)20-6-3-2-5-19(20)22-25-11-4-12-26-22/h2-6,9-13,16-17H,7-8,14-15H2,1H3/t16-,17+/m1/s1. The summed E-state index contributed by atoms with van der Waals surface area (Å²) in [6.45, 7) is 3.09. The molecular weight excluding hydrogens is 383 g/mol. The van der Waals surface area contributed by atoms with Crippen LogP contribution < -0.4 is 4.74 Å². The fourth-order valence-electron chi connectivity index (χ4n) is 3.71. The zero-order valence-electron chi connectivity index (χ0n) is 16.7. The molecule has 7 heteroatoms. The van der Waals surface area contributed by atoms with Crippen LogP contribution in [0.2, 0.25) is 0 Å². The van der Waals surface area contributed by atoms with Gasteiger partial charge in [-0.2, -0.15) is 0 Å². The average molecular weight is 406 g/mol. The fraction of sp³-hybridized carbons (Fsp3) is 0.304. The number of rotatable bonds is 5. The molecular formula is C23H23FN4O2. The maximum absolute atomic E-state index is 13.4. The van der Waals surface area contributed by atoms with E-state index in [-0.39, 0.29) is 17.9 Å². The second kappa shape index (κ2) is 8.98. The predicted molar refractivity (Wildman–Crippen MR) is 110 cm³/mol. The zero-order valence-corrected chi connectivity index (χ0v) is 16.7. The Bertz CT molecular complexity index is 998. The van der Waals surface area contributed by atoms with Crippen molar-refractivity contribution in [3.63, 3.8) is 0 Å². The van der Waals surface area contributed by atoms with Gasteiger partial charge in [-0.15, -0.1) is 0 Å². The van der Waals surface area contributed by atoms with Crippen LogP contribution in [0.1, 0.15) is 30.1 Å². The lowest BCUT2D eigenvalue weighted by atomic mass is 9.92. The van der Waals surface area contributed by atoms with Crippen molar-refractivity contribution in [2.75, 3.05) is 13.2 Å². The molecule has 2 atom stereocenters. The highest BCUT2D eigenvalue weighted by molar-refractivity contribution is 6.00. The summed E-state index contributed by atoms with van der Waals surface area (Å²) in [5.74, 6) is 0.673. The third-order valence-electron chi connectivity index (χ3n) is 5.37. The van der Waals surface area contributed by atoms with Gasteiger partial charge in [-0.1, -0.05) is 18.2 Å². The van der Waals surface area contributed by atoms with E-state index in [4.69, 9.17) is 4.74 Å². The smallest absolute Gasteiger partial charge is 0.254 e. The third-order valence-corrected chi connectivity index (χ3v) is 5.37. The molecule has 0 unspecified atom stereocenters. The molecule has 3 heterocycles. The Labute approximate surface area is 174 Å². The largest absolute Gasteiger partial charge is 0.477 e. The Kier molecular flexibility index (Phi) is 5.97. The molecule has 0 saturated carbocycles. The van der Waals surface area contributed by atoms with Crippen molar-refractivity contribution in [2.24, 2.45) is 5.92 Å². The van der Waals surface area contributed by atoms with Crippen molar-refractivity contribution in [1.82, 2.24) is 19.9 Å². The van der Waals surface area contributed by atoms with Gasteiger partial charge in [0.25, 0.3) is 5.91 Å². The number of halogens is 1. The molecule has 1 fully saturated rings. The van der Waals surface area contributed by atoms with E-state index >= 15 is 0 Å². The van der Waals surface area contributed by atoms with Crippen LogP contribution in [0.25, 0.3) is 11.4 Å². The van der Waals surface area contributed by atoms with E-state index in [0.717, 1.165) is 24.6 Å².